The van der Waals surface area contributed by atoms with Gasteiger partial charge in [-0.25, -0.2) is 0 Å². The molecule has 3 nitrogen and oxygen atoms in total. The van der Waals surface area contributed by atoms with Crippen LogP contribution in [0.3, 0.4) is 0 Å². The van der Waals surface area contributed by atoms with E-state index in [1.807, 2.05) is 0 Å². The molecule has 5 atom stereocenters. The third kappa shape index (κ3) is 2.05. The summed E-state index contributed by atoms with van der Waals surface area (Å²) < 4.78 is 0. The first kappa shape index (κ1) is 12.6. The first-order valence-corrected chi connectivity index (χ1v) is 8.24. The molecule has 0 spiro atoms. The maximum atomic E-state index is 10.8. The highest BCUT2D eigenvalue weighted by Crippen LogP contribution is 2.60. The van der Waals surface area contributed by atoms with Crippen molar-refractivity contribution in [3.63, 3.8) is 0 Å². The molecule has 1 N–H and O–H groups in total. The molecule has 5 aliphatic rings. The van der Waals surface area contributed by atoms with E-state index >= 15 is 0 Å². The topological polar surface area (TPSA) is 26.7 Å². The number of piperazine rings is 1. The first-order valence-electron chi connectivity index (χ1n) is 8.24. The average Bonchev–Trinajstić information content (AvgIpc) is 2.38. The number of aliphatic hydroxyl groups is 1. The van der Waals surface area contributed by atoms with Crippen molar-refractivity contribution in [2.45, 2.75) is 38.2 Å². The lowest BCUT2D eigenvalue weighted by atomic mass is 9.48. The fourth-order valence-electron chi connectivity index (χ4n) is 5.86. The van der Waals surface area contributed by atoms with Gasteiger partial charge in [0, 0.05) is 38.1 Å². The Labute approximate surface area is 117 Å². The van der Waals surface area contributed by atoms with Crippen LogP contribution in [0.15, 0.2) is 0 Å². The summed E-state index contributed by atoms with van der Waals surface area (Å²) in [5.74, 6) is 2.51. The highest BCUT2D eigenvalue weighted by molar-refractivity contribution is 5.07. The zero-order chi connectivity index (χ0) is 13.0. The van der Waals surface area contributed by atoms with Gasteiger partial charge in [-0.15, -0.1) is 0 Å². The Morgan fingerprint density at radius 2 is 1.63 bits per heavy atom. The molecule has 3 heteroatoms. The van der Waals surface area contributed by atoms with E-state index in [0.29, 0.717) is 5.92 Å². The molecule has 19 heavy (non-hydrogen) atoms. The van der Waals surface area contributed by atoms with Crippen LogP contribution in [0.25, 0.3) is 0 Å². The number of hydrogen-bond donors (Lipinski definition) is 1. The lowest BCUT2D eigenvalue weighted by Crippen LogP contribution is -2.61. The minimum absolute atomic E-state index is 0.0000406. The normalized spacial score (nSPS) is 50.8. The molecule has 2 unspecified atom stereocenters. The summed E-state index contributed by atoms with van der Waals surface area (Å²) in [7, 11) is 2.22. The number of nitrogens with zero attached hydrogens (tertiary/aromatic N) is 2. The van der Waals surface area contributed by atoms with Crippen molar-refractivity contribution >= 4 is 0 Å². The molecular weight excluding hydrogens is 236 g/mol. The Kier molecular flexibility index (Phi) is 2.95. The fourth-order valence-corrected chi connectivity index (χ4v) is 5.86. The molecule has 5 rings (SSSR count). The largest absolute Gasteiger partial charge is 0.392 e. The molecule has 4 saturated carbocycles. The highest BCUT2D eigenvalue weighted by Gasteiger charge is 2.56. The summed E-state index contributed by atoms with van der Waals surface area (Å²) in [5.41, 5.74) is 0.269. The van der Waals surface area contributed by atoms with Crippen molar-refractivity contribution < 1.29 is 5.11 Å². The summed E-state index contributed by atoms with van der Waals surface area (Å²) in [6, 6.07) is 0. The van der Waals surface area contributed by atoms with Crippen LogP contribution in [0.5, 0.6) is 0 Å². The van der Waals surface area contributed by atoms with Crippen molar-refractivity contribution in [1.82, 2.24) is 9.80 Å². The van der Waals surface area contributed by atoms with Gasteiger partial charge >= 0.3 is 0 Å². The maximum Gasteiger partial charge on any atom is 0.0637 e. The van der Waals surface area contributed by atoms with Gasteiger partial charge in [0.05, 0.1) is 6.10 Å². The molecule has 4 aliphatic carbocycles. The van der Waals surface area contributed by atoms with Gasteiger partial charge in [0.1, 0.15) is 0 Å². The smallest absolute Gasteiger partial charge is 0.0637 e. The predicted octanol–water partition coefficient (Wildman–Crippen LogP) is 1.42. The van der Waals surface area contributed by atoms with Crippen LogP contribution in [0.4, 0.5) is 0 Å². The first-order chi connectivity index (χ1) is 9.14. The number of rotatable bonds is 2. The van der Waals surface area contributed by atoms with Gasteiger partial charge in [-0.3, -0.25) is 0 Å². The monoisotopic (exact) mass is 264 g/mol. The highest BCUT2D eigenvalue weighted by atomic mass is 16.3. The summed E-state index contributed by atoms with van der Waals surface area (Å²) in [6.45, 7) is 5.96. The predicted molar refractivity (Wildman–Crippen MR) is 75.9 cm³/mol. The van der Waals surface area contributed by atoms with Crippen LogP contribution in [0.2, 0.25) is 0 Å². The Hall–Kier alpha value is -0.120. The summed E-state index contributed by atoms with van der Waals surface area (Å²) in [4.78, 5) is 5.06. The molecule has 1 aliphatic heterocycles. The standard InChI is InChI=1S/C16H28N2O/c1-17-2-4-18(5-3-17)11-16-9-12-6-13(10-16)8-14(7-12)15(16)19/h12-15,19H,2-11H2,1H3/t12-,13+,14?,15-,16?/m0/s1. The molecule has 4 bridgehead atoms. The molecule has 1 heterocycles. The SMILES string of the molecule is CN1CCN(CC23C[C@@H]4CC(C[C@@H](C4)C2)[C@@H]3O)CC1. The number of likely N-dealkylation sites (N-methyl/N-ethyl adjacent to an activating group) is 1. The third-order valence-electron chi connectivity index (χ3n) is 6.54. The Morgan fingerprint density at radius 3 is 2.26 bits per heavy atom. The Bertz CT molecular complexity index is 337. The second kappa shape index (κ2) is 4.44. The van der Waals surface area contributed by atoms with Crippen molar-refractivity contribution in [3.05, 3.63) is 0 Å². The molecule has 0 aromatic heterocycles. The van der Waals surface area contributed by atoms with Gasteiger partial charge in [-0.1, -0.05) is 0 Å². The van der Waals surface area contributed by atoms with Gasteiger partial charge in [-0.2, -0.15) is 0 Å². The van der Waals surface area contributed by atoms with Gasteiger partial charge in [-0.05, 0) is 56.9 Å². The quantitative estimate of drug-likeness (QED) is 0.817. The molecule has 0 aromatic carbocycles. The molecule has 0 aromatic rings. The molecule has 0 amide bonds. The molecule has 0 radical (unpaired) electrons. The maximum absolute atomic E-state index is 10.8. The van der Waals surface area contributed by atoms with Crippen molar-refractivity contribution in [2.75, 3.05) is 39.8 Å². The van der Waals surface area contributed by atoms with Crippen LogP contribution in [-0.2, 0) is 0 Å². The van der Waals surface area contributed by atoms with E-state index in [1.165, 1.54) is 64.8 Å². The van der Waals surface area contributed by atoms with E-state index in [-0.39, 0.29) is 11.5 Å². The molecule has 1 saturated heterocycles. The summed E-state index contributed by atoms with van der Waals surface area (Å²) in [5, 5.41) is 10.8. The van der Waals surface area contributed by atoms with E-state index in [9.17, 15) is 5.11 Å². The van der Waals surface area contributed by atoms with Crippen molar-refractivity contribution in [1.29, 1.82) is 0 Å². The zero-order valence-corrected chi connectivity index (χ0v) is 12.2. The second-order valence-corrected chi connectivity index (χ2v) is 7.99. The van der Waals surface area contributed by atoms with E-state index in [4.69, 9.17) is 0 Å². The lowest BCUT2D eigenvalue weighted by molar-refractivity contribution is -0.165. The second-order valence-electron chi connectivity index (χ2n) is 7.99. The summed E-state index contributed by atoms with van der Waals surface area (Å²) >= 11 is 0. The van der Waals surface area contributed by atoms with E-state index in [0.717, 1.165) is 11.8 Å². The third-order valence-corrected chi connectivity index (χ3v) is 6.54. The van der Waals surface area contributed by atoms with Gasteiger partial charge in [0.15, 0.2) is 0 Å². The van der Waals surface area contributed by atoms with Crippen molar-refractivity contribution in [3.8, 4) is 0 Å². The van der Waals surface area contributed by atoms with Crippen LogP contribution in [-0.4, -0.2) is 60.8 Å². The lowest BCUT2D eigenvalue weighted by Gasteiger charge is -2.60. The van der Waals surface area contributed by atoms with E-state index in [2.05, 4.69) is 16.8 Å². The van der Waals surface area contributed by atoms with Crippen LogP contribution >= 0.6 is 0 Å². The van der Waals surface area contributed by atoms with Crippen molar-refractivity contribution in [2.24, 2.45) is 23.2 Å². The Balaban J connectivity index is 1.49. The van der Waals surface area contributed by atoms with Gasteiger partial charge in [0.2, 0.25) is 0 Å². The average molecular weight is 264 g/mol. The minimum Gasteiger partial charge on any atom is -0.392 e. The zero-order valence-electron chi connectivity index (χ0n) is 12.2. The fraction of sp³-hybridized carbons (Fsp3) is 1.00. The molecule has 108 valence electrons. The summed E-state index contributed by atoms with van der Waals surface area (Å²) in [6.07, 6.45) is 6.74. The minimum atomic E-state index is -0.0000406. The van der Waals surface area contributed by atoms with Gasteiger partial charge in [0.25, 0.3) is 0 Å². The van der Waals surface area contributed by atoms with E-state index < -0.39 is 0 Å². The van der Waals surface area contributed by atoms with Crippen LogP contribution in [0, 0.1) is 23.2 Å². The Morgan fingerprint density at radius 1 is 1.00 bits per heavy atom. The molecular formula is C16H28N2O. The number of aliphatic hydroxyl groups excluding tert-OH is 1. The van der Waals surface area contributed by atoms with E-state index in [1.54, 1.807) is 0 Å². The van der Waals surface area contributed by atoms with Crippen LogP contribution in [0.1, 0.15) is 32.1 Å². The molecule has 5 fully saturated rings. The van der Waals surface area contributed by atoms with Crippen LogP contribution < -0.4 is 0 Å². The van der Waals surface area contributed by atoms with Gasteiger partial charge < -0.3 is 14.9 Å². The number of hydrogen-bond acceptors (Lipinski definition) is 3.